The first-order chi connectivity index (χ1) is 16.6. The number of hydrogen-bond acceptors (Lipinski definition) is 6. The summed E-state index contributed by atoms with van der Waals surface area (Å²) in [6, 6.07) is 8.73. The second-order valence-electron chi connectivity index (χ2n) is 7.74. The van der Waals surface area contributed by atoms with E-state index in [1.54, 1.807) is 6.07 Å². The fraction of sp³-hybridized carbons (Fsp3) is 0.458. The lowest BCUT2D eigenvalue weighted by molar-refractivity contribution is 0.188. The molecule has 166 valence electrons. The Morgan fingerprint density at radius 3 is 2.90 bits per heavy atom. The summed E-state index contributed by atoms with van der Waals surface area (Å²) in [7, 11) is 1.42. The smallest absolute Gasteiger partial charge is 0.170 e. The number of aromatic nitrogens is 1. The molecule has 31 heavy (non-hydrogen) atoms. The van der Waals surface area contributed by atoms with Gasteiger partial charge in [-0.2, -0.15) is 0 Å². The standard InChI is InChI=1S/C24H29FN2O4/c1-16(28)18-4-7-21(23(14-18)29-2)30-13-3-10-27-11-8-17(9-12-27)24-20-6-5-19(25)15-22(20)31-26-24/h4-7,14-17,28H,3,8-13H2,1-2H3/i1D3,16D. The summed E-state index contributed by atoms with van der Waals surface area (Å²) < 4.78 is 59.8. The molecule has 0 radical (unpaired) electrons. The first kappa shape index (κ1) is 17.0. The Bertz CT molecular complexity index is 1160. The van der Waals surface area contributed by atoms with Crippen LogP contribution < -0.4 is 9.47 Å². The molecule has 1 N–H and O–H groups in total. The van der Waals surface area contributed by atoms with Gasteiger partial charge < -0.3 is 24.0 Å². The minimum absolute atomic E-state index is 0.0883. The van der Waals surface area contributed by atoms with Crippen molar-refractivity contribution in [2.24, 2.45) is 0 Å². The molecule has 1 aromatic heterocycles. The number of hydrogen-bond donors (Lipinski definition) is 1. The zero-order valence-electron chi connectivity index (χ0n) is 21.4. The molecule has 0 amide bonds. The molecule has 6 nitrogen and oxygen atoms in total. The molecule has 1 aliphatic rings. The normalized spacial score (nSPS) is 19.8. The molecular weight excluding hydrogens is 399 g/mol. The average Bonchev–Trinajstić information content (AvgIpc) is 3.24. The van der Waals surface area contributed by atoms with Gasteiger partial charge in [-0.3, -0.25) is 0 Å². The van der Waals surface area contributed by atoms with Crippen molar-refractivity contribution >= 4 is 11.0 Å². The van der Waals surface area contributed by atoms with Crippen LogP contribution in [0.2, 0.25) is 0 Å². The molecule has 1 aliphatic heterocycles. The third-order valence-electron chi connectivity index (χ3n) is 5.75. The van der Waals surface area contributed by atoms with Crippen molar-refractivity contribution in [3.63, 3.8) is 0 Å². The lowest BCUT2D eigenvalue weighted by Crippen LogP contribution is -2.34. The Labute approximate surface area is 187 Å². The second-order valence-corrected chi connectivity index (χ2v) is 7.74. The van der Waals surface area contributed by atoms with Gasteiger partial charge in [-0.05, 0) is 69.0 Å². The van der Waals surface area contributed by atoms with Gasteiger partial charge in [0, 0.05) is 28.0 Å². The van der Waals surface area contributed by atoms with Crippen molar-refractivity contribution in [3.8, 4) is 11.5 Å². The highest BCUT2D eigenvalue weighted by molar-refractivity contribution is 5.79. The molecule has 0 aliphatic carbocycles. The van der Waals surface area contributed by atoms with E-state index >= 15 is 0 Å². The van der Waals surface area contributed by atoms with Crippen molar-refractivity contribution < 1.29 is 29.0 Å². The van der Waals surface area contributed by atoms with E-state index in [2.05, 4.69) is 10.1 Å². The zero-order chi connectivity index (χ0) is 25.2. The average molecular weight is 433 g/mol. The molecular formula is C24H29FN2O4. The van der Waals surface area contributed by atoms with Crippen LogP contribution in [0.1, 0.15) is 54.9 Å². The quantitative estimate of drug-likeness (QED) is 0.522. The van der Waals surface area contributed by atoms with Gasteiger partial charge in [0.1, 0.15) is 5.82 Å². The van der Waals surface area contributed by atoms with E-state index in [0.29, 0.717) is 17.9 Å². The molecule has 2 aromatic carbocycles. The van der Waals surface area contributed by atoms with Gasteiger partial charge >= 0.3 is 0 Å². The van der Waals surface area contributed by atoms with Gasteiger partial charge in [-0.15, -0.1) is 0 Å². The Hall–Kier alpha value is -2.64. The van der Waals surface area contributed by atoms with Crippen molar-refractivity contribution in [1.82, 2.24) is 10.1 Å². The number of ether oxygens (including phenoxy) is 2. The minimum Gasteiger partial charge on any atom is -0.493 e. The lowest BCUT2D eigenvalue weighted by Gasteiger charge is -2.31. The maximum atomic E-state index is 13.4. The summed E-state index contributed by atoms with van der Waals surface area (Å²) in [5.74, 6) is 0.630. The number of rotatable bonds is 8. The SMILES string of the molecule is [2H]C([2H])([2H])C([2H])(O)c1ccc(OCCCN2CCC(c3noc4cc(F)ccc34)CC2)c(OC)c1. The summed E-state index contributed by atoms with van der Waals surface area (Å²) in [6.07, 6.45) is -0.0812. The van der Waals surface area contributed by atoms with Gasteiger partial charge in [0.2, 0.25) is 0 Å². The molecule has 7 heteroatoms. The number of benzene rings is 2. The molecule has 3 aromatic rings. The topological polar surface area (TPSA) is 68.0 Å². The van der Waals surface area contributed by atoms with Gasteiger partial charge in [0.15, 0.2) is 17.1 Å². The maximum absolute atomic E-state index is 13.4. The second kappa shape index (κ2) is 9.66. The summed E-state index contributed by atoms with van der Waals surface area (Å²) >= 11 is 0. The summed E-state index contributed by atoms with van der Waals surface area (Å²) in [4.78, 5) is 2.36. The van der Waals surface area contributed by atoms with Crippen molar-refractivity contribution in [2.75, 3.05) is 33.4 Å². The van der Waals surface area contributed by atoms with Crippen LogP contribution in [0.3, 0.4) is 0 Å². The van der Waals surface area contributed by atoms with Crippen LogP contribution >= 0.6 is 0 Å². The summed E-state index contributed by atoms with van der Waals surface area (Å²) in [6.45, 7) is 0.209. The number of halogens is 1. The zero-order valence-corrected chi connectivity index (χ0v) is 17.4. The van der Waals surface area contributed by atoms with Gasteiger partial charge in [0.25, 0.3) is 0 Å². The third kappa shape index (κ3) is 4.99. The maximum Gasteiger partial charge on any atom is 0.170 e. The molecule has 1 atom stereocenters. The van der Waals surface area contributed by atoms with E-state index in [1.807, 2.05) is 0 Å². The molecule has 0 saturated carbocycles. The summed E-state index contributed by atoms with van der Waals surface area (Å²) in [5.41, 5.74) is 1.29. The van der Waals surface area contributed by atoms with Gasteiger partial charge in [-0.25, -0.2) is 4.39 Å². The van der Waals surface area contributed by atoms with E-state index in [-0.39, 0.29) is 23.0 Å². The molecule has 2 heterocycles. The van der Waals surface area contributed by atoms with Crippen LogP contribution in [-0.4, -0.2) is 48.5 Å². The molecule has 4 rings (SSSR count). The van der Waals surface area contributed by atoms with E-state index in [4.69, 9.17) is 19.5 Å². The first-order valence-electron chi connectivity index (χ1n) is 12.4. The Balaban J connectivity index is 1.26. The van der Waals surface area contributed by atoms with E-state index in [0.717, 1.165) is 50.0 Å². The Morgan fingerprint density at radius 2 is 2.13 bits per heavy atom. The van der Waals surface area contributed by atoms with Crippen molar-refractivity contribution in [1.29, 1.82) is 0 Å². The van der Waals surface area contributed by atoms with Crippen LogP contribution in [0.5, 0.6) is 11.5 Å². The predicted octanol–water partition coefficient (Wildman–Crippen LogP) is 4.68. The third-order valence-corrected chi connectivity index (χ3v) is 5.75. The van der Waals surface area contributed by atoms with Crippen LogP contribution in [-0.2, 0) is 0 Å². The largest absolute Gasteiger partial charge is 0.493 e. The van der Waals surface area contributed by atoms with E-state index in [1.165, 1.54) is 37.4 Å². The van der Waals surface area contributed by atoms with Crippen molar-refractivity contribution in [2.45, 2.75) is 38.1 Å². The number of fused-ring (bicyclic) bond motifs is 1. The van der Waals surface area contributed by atoms with Crippen molar-refractivity contribution in [3.05, 3.63) is 53.5 Å². The first-order valence-corrected chi connectivity index (χ1v) is 10.4. The van der Waals surface area contributed by atoms with Crippen LogP contribution in [0.25, 0.3) is 11.0 Å². The molecule has 0 bridgehead atoms. The number of nitrogens with zero attached hydrogens (tertiary/aromatic N) is 2. The molecule has 1 fully saturated rings. The Morgan fingerprint density at radius 1 is 1.29 bits per heavy atom. The number of piperidine rings is 1. The van der Waals surface area contributed by atoms with E-state index < -0.39 is 12.9 Å². The fourth-order valence-electron chi connectivity index (χ4n) is 4.06. The van der Waals surface area contributed by atoms with Crippen LogP contribution in [0.15, 0.2) is 40.9 Å². The fourth-order valence-corrected chi connectivity index (χ4v) is 4.06. The molecule has 1 saturated heterocycles. The monoisotopic (exact) mass is 432 g/mol. The number of likely N-dealkylation sites (tertiary alicyclic amines) is 1. The minimum atomic E-state index is -2.90. The van der Waals surface area contributed by atoms with Gasteiger partial charge in [-0.1, -0.05) is 11.2 Å². The molecule has 0 spiro atoms. The lowest BCUT2D eigenvalue weighted by atomic mass is 9.91. The number of methoxy groups -OCH3 is 1. The van der Waals surface area contributed by atoms with Crippen LogP contribution in [0, 0.1) is 5.82 Å². The van der Waals surface area contributed by atoms with Crippen LogP contribution in [0.4, 0.5) is 4.39 Å². The Kier molecular flexibility index (Phi) is 5.29. The summed E-state index contributed by atoms with van der Waals surface area (Å²) in [5, 5.41) is 15.2. The van der Waals surface area contributed by atoms with E-state index in [9.17, 15) is 9.50 Å². The predicted molar refractivity (Wildman–Crippen MR) is 116 cm³/mol. The number of aliphatic hydroxyl groups is 1. The highest BCUT2D eigenvalue weighted by Crippen LogP contribution is 2.33. The highest BCUT2D eigenvalue weighted by atomic mass is 19.1. The highest BCUT2D eigenvalue weighted by Gasteiger charge is 2.25. The molecule has 1 unspecified atom stereocenters. The van der Waals surface area contributed by atoms with Gasteiger partial charge in [0.05, 0.1) is 26.9 Å².